The smallest absolute Gasteiger partial charge is 0.137 e. The van der Waals surface area contributed by atoms with Crippen molar-refractivity contribution in [3.63, 3.8) is 0 Å². The maximum Gasteiger partial charge on any atom is 0.137 e. The Bertz CT molecular complexity index is 568. The number of nitrogens with one attached hydrogen (secondary N) is 1. The highest BCUT2D eigenvalue weighted by atomic mass is 79.9. The third-order valence-electron chi connectivity index (χ3n) is 3.25. The van der Waals surface area contributed by atoms with Crippen molar-refractivity contribution >= 4 is 15.9 Å². The first-order valence-electron chi connectivity index (χ1n) is 6.31. The summed E-state index contributed by atoms with van der Waals surface area (Å²) in [6.45, 7) is 4.97. The van der Waals surface area contributed by atoms with Crippen LogP contribution in [0.1, 0.15) is 29.7 Å². The second-order valence-electron chi connectivity index (χ2n) is 4.71. The van der Waals surface area contributed by atoms with Crippen LogP contribution >= 0.6 is 15.9 Å². The molecule has 1 atom stereocenters. The van der Waals surface area contributed by atoms with Crippen molar-refractivity contribution in [3.05, 3.63) is 69.4 Å². The Morgan fingerprint density at radius 3 is 2.63 bits per heavy atom. The van der Waals surface area contributed by atoms with Crippen LogP contribution in [-0.2, 0) is 6.54 Å². The Morgan fingerprint density at radius 2 is 1.95 bits per heavy atom. The second kappa shape index (κ2) is 6.31. The molecule has 2 aromatic carbocycles. The summed E-state index contributed by atoms with van der Waals surface area (Å²) in [6, 6.07) is 13.7. The Hall–Kier alpha value is -1.19. The first kappa shape index (κ1) is 14.2. The summed E-state index contributed by atoms with van der Waals surface area (Å²) in [5, 5.41) is 3.46. The largest absolute Gasteiger partial charge is 0.306 e. The highest BCUT2D eigenvalue weighted by molar-refractivity contribution is 9.10. The van der Waals surface area contributed by atoms with E-state index in [1.165, 1.54) is 17.2 Å². The molecule has 0 saturated carbocycles. The molecule has 3 heteroatoms. The minimum Gasteiger partial charge on any atom is -0.306 e. The number of hydrogen-bond acceptors (Lipinski definition) is 1. The molecule has 0 unspecified atom stereocenters. The Labute approximate surface area is 122 Å². The van der Waals surface area contributed by atoms with Gasteiger partial charge in [0.15, 0.2) is 0 Å². The number of halogens is 2. The van der Waals surface area contributed by atoms with E-state index in [4.69, 9.17) is 0 Å². The molecular formula is C16H17BrFN. The monoisotopic (exact) mass is 321 g/mol. The lowest BCUT2D eigenvalue weighted by atomic mass is 10.0. The van der Waals surface area contributed by atoms with E-state index in [0.29, 0.717) is 11.0 Å². The zero-order valence-corrected chi connectivity index (χ0v) is 12.7. The molecule has 1 N–H and O–H groups in total. The average Bonchev–Trinajstić information content (AvgIpc) is 2.40. The van der Waals surface area contributed by atoms with E-state index >= 15 is 0 Å². The zero-order chi connectivity index (χ0) is 13.8. The molecular weight excluding hydrogens is 305 g/mol. The van der Waals surface area contributed by atoms with Crippen molar-refractivity contribution in [2.45, 2.75) is 26.4 Å². The summed E-state index contributed by atoms with van der Waals surface area (Å²) in [4.78, 5) is 0. The molecule has 0 aromatic heterocycles. The summed E-state index contributed by atoms with van der Waals surface area (Å²) in [6.07, 6.45) is 0. The van der Waals surface area contributed by atoms with Crippen LogP contribution in [0, 0.1) is 12.7 Å². The molecule has 0 amide bonds. The van der Waals surface area contributed by atoms with E-state index in [-0.39, 0.29) is 11.9 Å². The van der Waals surface area contributed by atoms with Gasteiger partial charge >= 0.3 is 0 Å². The van der Waals surface area contributed by atoms with Crippen molar-refractivity contribution in [2.24, 2.45) is 0 Å². The van der Waals surface area contributed by atoms with E-state index in [1.54, 1.807) is 6.07 Å². The molecule has 0 bridgehead atoms. The van der Waals surface area contributed by atoms with Gasteiger partial charge in [0, 0.05) is 12.6 Å². The van der Waals surface area contributed by atoms with Crippen LogP contribution in [0.25, 0.3) is 0 Å². The molecule has 1 nitrogen and oxygen atoms in total. The van der Waals surface area contributed by atoms with Crippen LogP contribution in [0.3, 0.4) is 0 Å². The number of aryl methyl sites for hydroxylation is 1. The molecule has 2 aromatic rings. The predicted octanol–water partition coefficient (Wildman–Crippen LogP) is 4.75. The Balaban J connectivity index is 2.02. The van der Waals surface area contributed by atoms with Gasteiger partial charge < -0.3 is 5.32 Å². The Kier molecular flexibility index (Phi) is 4.72. The van der Waals surface area contributed by atoms with E-state index in [1.807, 2.05) is 12.1 Å². The first-order chi connectivity index (χ1) is 9.08. The molecule has 0 fully saturated rings. The molecule has 19 heavy (non-hydrogen) atoms. The van der Waals surface area contributed by atoms with Crippen molar-refractivity contribution in [1.29, 1.82) is 0 Å². The van der Waals surface area contributed by atoms with Gasteiger partial charge in [-0.1, -0.05) is 30.3 Å². The van der Waals surface area contributed by atoms with Gasteiger partial charge in [0.05, 0.1) is 4.47 Å². The van der Waals surface area contributed by atoms with Crippen molar-refractivity contribution in [2.75, 3.05) is 0 Å². The lowest BCUT2D eigenvalue weighted by Crippen LogP contribution is -2.18. The predicted molar refractivity (Wildman–Crippen MR) is 80.5 cm³/mol. The lowest BCUT2D eigenvalue weighted by molar-refractivity contribution is 0.570. The van der Waals surface area contributed by atoms with E-state index in [9.17, 15) is 4.39 Å². The molecule has 2 rings (SSSR count). The average molecular weight is 322 g/mol. The normalized spacial score (nSPS) is 12.4. The van der Waals surface area contributed by atoms with Gasteiger partial charge in [0.25, 0.3) is 0 Å². The maximum absolute atomic E-state index is 13.1. The summed E-state index contributed by atoms with van der Waals surface area (Å²) in [5.74, 6) is -0.226. The Morgan fingerprint density at radius 1 is 1.21 bits per heavy atom. The van der Waals surface area contributed by atoms with E-state index in [2.05, 4.69) is 53.3 Å². The molecule has 0 radical (unpaired) electrons. The van der Waals surface area contributed by atoms with Gasteiger partial charge in [0.1, 0.15) is 5.82 Å². The fourth-order valence-corrected chi connectivity index (χ4v) is 2.53. The highest BCUT2D eigenvalue weighted by Gasteiger charge is 2.07. The van der Waals surface area contributed by atoms with Crippen LogP contribution in [0.5, 0.6) is 0 Å². The fourth-order valence-electron chi connectivity index (χ4n) is 2.10. The molecule has 0 heterocycles. The highest BCUT2D eigenvalue weighted by Crippen LogP contribution is 2.19. The summed E-state index contributed by atoms with van der Waals surface area (Å²) in [5.41, 5.74) is 3.64. The standard InChI is InChI=1S/C16H17BrFN/c1-11-5-3-4-6-14(11)12(2)19-10-13-7-8-16(18)15(17)9-13/h3-9,12,19H,10H2,1-2H3/t12-/m1/s1. The fraction of sp³-hybridized carbons (Fsp3) is 0.250. The van der Waals surface area contributed by atoms with Crippen molar-refractivity contribution in [3.8, 4) is 0 Å². The third-order valence-corrected chi connectivity index (χ3v) is 3.86. The number of hydrogen-bond donors (Lipinski definition) is 1. The second-order valence-corrected chi connectivity index (χ2v) is 5.56. The minimum atomic E-state index is -0.226. The van der Waals surface area contributed by atoms with Crippen LogP contribution in [-0.4, -0.2) is 0 Å². The molecule has 0 aliphatic heterocycles. The zero-order valence-electron chi connectivity index (χ0n) is 11.1. The quantitative estimate of drug-likeness (QED) is 0.857. The number of benzene rings is 2. The summed E-state index contributed by atoms with van der Waals surface area (Å²) in [7, 11) is 0. The molecule has 0 aliphatic carbocycles. The van der Waals surface area contributed by atoms with E-state index < -0.39 is 0 Å². The lowest BCUT2D eigenvalue weighted by Gasteiger charge is -2.16. The number of rotatable bonds is 4. The topological polar surface area (TPSA) is 12.0 Å². The van der Waals surface area contributed by atoms with Crippen molar-refractivity contribution in [1.82, 2.24) is 5.32 Å². The minimum absolute atomic E-state index is 0.226. The van der Waals surface area contributed by atoms with E-state index in [0.717, 1.165) is 5.56 Å². The van der Waals surface area contributed by atoms with Gasteiger partial charge in [-0.15, -0.1) is 0 Å². The molecule has 0 spiro atoms. The summed E-state index contributed by atoms with van der Waals surface area (Å²) < 4.78 is 13.7. The van der Waals surface area contributed by atoms with Crippen molar-refractivity contribution < 1.29 is 4.39 Å². The van der Waals surface area contributed by atoms with Crippen LogP contribution in [0.4, 0.5) is 4.39 Å². The molecule has 0 saturated heterocycles. The van der Waals surface area contributed by atoms with Gasteiger partial charge in [-0.2, -0.15) is 0 Å². The summed E-state index contributed by atoms with van der Waals surface area (Å²) >= 11 is 3.21. The van der Waals surface area contributed by atoms with Gasteiger partial charge in [-0.05, 0) is 58.6 Å². The van der Waals surface area contributed by atoms with Crippen LogP contribution in [0.15, 0.2) is 46.9 Å². The molecule has 0 aliphatic rings. The maximum atomic E-state index is 13.1. The van der Waals surface area contributed by atoms with Gasteiger partial charge in [-0.3, -0.25) is 0 Å². The third kappa shape index (κ3) is 3.64. The SMILES string of the molecule is Cc1ccccc1[C@@H](C)NCc1ccc(F)c(Br)c1. The van der Waals surface area contributed by atoms with Gasteiger partial charge in [0.2, 0.25) is 0 Å². The van der Waals surface area contributed by atoms with Gasteiger partial charge in [-0.25, -0.2) is 4.39 Å². The van der Waals surface area contributed by atoms with Crippen LogP contribution < -0.4 is 5.32 Å². The first-order valence-corrected chi connectivity index (χ1v) is 7.10. The van der Waals surface area contributed by atoms with Crippen LogP contribution in [0.2, 0.25) is 0 Å². The molecule has 100 valence electrons.